The summed E-state index contributed by atoms with van der Waals surface area (Å²) in [6.07, 6.45) is 1.34. The molecule has 1 saturated heterocycles. The second-order valence-corrected chi connectivity index (χ2v) is 2.81. The summed E-state index contributed by atoms with van der Waals surface area (Å²) in [5.41, 5.74) is 0. The maximum absolute atomic E-state index is 11.1. The number of rotatable bonds is 3. The van der Waals surface area contributed by atoms with Gasteiger partial charge in [-0.2, -0.15) is 0 Å². The molecule has 1 rings (SSSR count). The molecule has 0 aliphatic carbocycles. The summed E-state index contributed by atoms with van der Waals surface area (Å²) < 4.78 is 5.15. The van der Waals surface area contributed by atoms with Crippen LogP contribution in [0, 0.1) is 0 Å². The van der Waals surface area contributed by atoms with Crippen molar-refractivity contribution in [2.24, 2.45) is 0 Å². The summed E-state index contributed by atoms with van der Waals surface area (Å²) in [4.78, 5) is 11.1. The Labute approximate surface area is 72.7 Å². The largest absolute Gasteiger partial charge is 0.376 e. The van der Waals surface area contributed by atoms with Gasteiger partial charge >= 0.3 is 0 Å². The first-order chi connectivity index (χ1) is 5.83. The third-order valence-electron chi connectivity index (χ3n) is 1.67. The van der Waals surface area contributed by atoms with Crippen molar-refractivity contribution < 1.29 is 9.53 Å². The van der Waals surface area contributed by atoms with Crippen LogP contribution in [0.4, 0.5) is 0 Å². The lowest BCUT2D eigenvalue weighted by Crippen LogP contribution is -2.48. The second kappa shape index (κ2) is 5.11. The summed E-state index contributed by atoms with van der Waals surface area (Å²) in [6, 6.07) is 0. The number of hydrogen-bond acceptors (Lipinski definition) is 2. The van der Waals surface area contributed by atoms with Gasteiger partial charge in [0.1, 0.15) is 6.17 Å². The molecule has 1 amide bonds. The zero-order valence-electron chi connectivity index (χ0n) is 7.38. The molecular weight excluding hydrogens is 156 g/mol. The van der Waals surface area contributed by atoms with Crippen LogP contribution in [0.2, 0.25) is 0 Å². The molecule has 1 aliphatic heterocycles. The summed E-state index contributed by atoms with van der Waals surface area (Å²) in [5.74, 6) is 0.0664. The van der Waals surface area contributed by atoms with Crippen molar-refractivity contribution in [3.8, 4) is 0 Å². The van der Waals surface area contributed by atoms with Crippen molar-refractivity contribution in [3.05, 3.63) is 0 Å². The van der Waals surface area contributed by atoms with Gasteiger partial charge in [-0.1, -0.05) is 6.92 Å². The monoisotopic (exact) mass is 171 g/mol. The van der Waals surface area contributed by atoms with Crippen molar-refractivity contribution >= 4 is 5.91 Å². The van der Waals surface area contributed by atoms with Gasteiger partial charge in [0.15, 0.2) is 0 Å². The van der Waals surface area contributed by atoms with E-state index in [1.807, 2.05) is 6.92 Å². The van der Waals surface area contributed by atoms with E-state index in [2.05, 4.69) is 10.6 Å². The molecule has 1 fully saturated rings. The van der Waals surface area contributed by atoms with Crippen LogP contribution in [0.1, 0.15) is 19.8 Å². The maximum atomic E-state index is 11.1. The molecule has 0 aromatic carbocycles. The molecule has 1 N–H and O–H groups in total. The predicted octanol–water partition coefficient (Wildman–Crippen LogP) is -0.137. The molecule has 1 unspecified atom stereocenters. The van der Waals surface area contributed by atoms with Crippen LogP contribution in [0.25, 0.3) is 0 Å². The molecule has 0 bridgehead atoms. The standard InChI is InChI=1S/C8H15N2O2/c1-2-3-8(11)10-7-6-12-5-4-9-7/h7H,2-6H2,1H3,(H,10,11). The van der Waals surface area contributed by atoms with E-state index in [0.717, 1.165) is 6.42 Å². The van der Waals surface area contributed by atoms with E-state index < -0.39 is 0 Å². The molecule has 69 valence electrons. The normalized spacial score (nSPS) is 23.6. The number of ether oxygens (including phenoxy) is 1. The van der Waals surface area contributed by atoms with Crippen LogP contribution < -0.4 is 10.6 Å². The van der Waals surface area contributed by atoms with Crippen LogP contribution in [-0.2, 0) is 9.53 Å². The van der Waals surface area contributed by atoms with Crippen LogP contribution in [-0.4, -0.2) is 31.8 Å². The molecule has 1 aliphatic rings. The molecule has 1 radical (unpaired) electrons. The Morgan fingerprint density at radius 3 is 3.17 bits per heavy atom. The first kappa shape index (κ1) is 9.48. The average molecular weight is 171 g/mol. The first-order valence-corrected chi connectivity index (χ1v) is 4.36. The highest BCUT2D eigenvalue weighted by molar-refractivity contribution is 5.76. The molecule has 4 heteroatoms. The predicted molar refractivity (Wildman–Crippen MR) is 44.7 cm³/mol. The molecule has 0 aromatic rings. The van der Waals surface area contributed by atoms with Crippen molar-refractivity contribution in [3.63, 3.8) is 0 Å². The topological polar surface area (TPSA) is 52.4 Å². The molecule has 0 spiro atoms. The van der Waals surface area contributed by atoms with Crippen LogP contribution in [0.5, 0.6) is 0 Å². The fourth-order valence-electron chi connectivity index (χ4n) is 1.09. The Morgan fingerprint density at radius 2 is 2.58 bits per heavy atom. The lowest BCUT2D eigenvalue weighted by Gasteiger charge is -2.22. The van der Waals surface area contributed by atoms with Gasteiger partial charge in [0.25, 0.3) is 0 Å². The minimum Gasteiger partial charge on any atom is -0.376 e. The van der Waals surface area contributed by atoms with E-state index in [9.17, 15) is 4.79 Å². The van der Waals surface area contributed by atoms with E-state index in [1.165, 1.54) is 0 Å². The number of carbonyl (C=O) groups is 1. The van der Waals surface area contributed by atoms with Gasteiger partial charge in [0, 0.05) is 13.0 Å². The fourth-order valence-corrected chi connectivity index (χ4v) is 1.09. The molecule has 0 aromatic heterocycles. The van der Waals surface area contributed by atoms with Crippen molar-refractivity contribution in [2.75, 3.05) is 19.8 Å². The highest BCUT2D eigenvalue weighted by Crippen LogP contribution is 1.93. The number of morpholine rings is 1. The van der Waals surface area contributed by atoms with Gasteiger partial charge in [-0.15, -0.1) is 0 Å². The zero-order valence-corrected chi connectivity index (χ0v) is 7.38. The van der Waals surface area contributed by atoms with Gasteiger partial charge in [0.2, 0.25) is 5.91 Å². The quantitative estimate of drug-likeness (QED) is 0.642. The summed E-state index contributed by atoms with van der Waals surface area (Å²) >= 11 is 0. The zero-order chi connectivity index (χ0) is 8.81. The van der Waals surface area contributed by atoms with Gasteiger partial charge in [-0.25, -0.2) is 5.32 Å². The number of nitrogens with one attached hydrogen (secondary N) is 1. The summed E-state index contributed by atoms with van der Waals surface area (Å²) in [6.45, 7) is 3.88. The third-order valence-corrected chi connectivity index (χ3v) is 1.67. The van der Waals surface area contributed by atoms with Crippen LogP contribution in [0.15, 0.2) is 0 Å². The third kappa shape index (κ3) is 3.19. The van der Waals surface area contributed by atoms with E-state index >= 15 is 0 Å². The number of nitrogens with zero attached hydrogens (tertiary/aromatic N) is 1. The van der Waals surface area contributed by atoms with E-state index in [0.29, 0.717) is 26.2 Å². The summed E-state index contributed by atoms with van der Waals surface area (Å²) in [5, 5.41) is 6.98. The fraction of sp³-hybridized carbons (Fsp3) is 0.875. The Bertz CT molecular complexity index is 144. The Balaban J connectivity index is 2.15. The highest BCUT2D eigenvalue weighted by Gasteiger charge is 2.15. The Kier molecular flexibility index (Phi) is 4.04. The summed E-state index contributed by atoms with van der Waals surface area (Å²) in [7, 11) is 0. The lowest BCUT2D eigenvalue weighted by molar-refractivity contribution is -0.123. The van der Waals surface area contributed by atoms with E-state index in [-0.39, 0.29) is 12.1 Å². The minimum absolute atomic E-state index is 0.0664. The minimum atomic E-state index is -0.113. The van der Waals surface area contributed by atoms with Gasteiger partial charge in [0.05, 0.1) is 13.2 Å². The van der Waals surface area contributed by atoms with Gasteiger partial charge < -0.3 is 10.1 Å². The van der Waals surface area contributed by atoms with Crippen molar-refractivity contribution in [1.82, 2.24) is 10.6 Å². The number of carbonyl (C=O) groups excluding carboxylic acids is 1. The van der Waals surface area contributed by atoms with E-state index in [1.54, 1.807) is 0 Å². The van der Waals surface area contributed by atoms with E-state index in [4.69, 9.17) is 4.74 Å². The first-order valence-electron chi connectivity index (χ1n) is 4.36. The molecular formula is C8H15N2O2. The van der Waals surface area contributed by atoms with Crippen molar-refractivity contribution in [1.29, 1.82) is 0 Å². The van der Waals surface area contributed by atoms with Gasteiger partial charge in [-0.3, -0.25) is 4.79 Å². The molecule has 12 heavy (non-hydrogen) atoms. The molecule has 4 nitrogen and oxygen atoms in total. The molecule has 1 heterocycles. The Morgan fingerprint density at radius 1 is 1.75 bits per heavy atom. The SMILES string of the molecule is CCCC(=O)NC1COCC[N]1. The lowest BCUT2D eigenvalue weighted by atomic mass is 10.3. The molecule has 1 atom stereocenters. The maximum Gasteiger partial charge on any atom is 0.221 e. The van der Waals surface area contributed by atoms with Gasteiger partial charge in [-0.05, 0) is 6.42 Å². The smallest absolute Gasteiger partial charge is 0.221 e. The van der Waals surface area contributed by atoms with Crippen molar-refractivity contribution in [2.45, 2.75) is 25.9 Å². The highest BCUT2D eigenvalue weighted by atomic mass is 16.5. The van der Waals surface area contributed by atoms with Crippen LogP contribution >= 0.6 is 0 Å². The Hall–Kier alpha value is -0.610. The average Bonchev–Trinajstić information content (AvgIpc) is 2.06. The van der Waals surface area contributed by atoms with Crippen LogP contribution in [0.3, 0.4) is 0 Å². The number of hydrogen-bond donors (Lipinski definition) is 1. The number of amides is 1. The second-order valence-electron chi connectivity index (χ2n) is 2.81. The molecule has 0 saturated carbocycles.